The van der Waals surface area contributed by atoms with Crippen LogP contribution in [0.25, 0.3) is 0 Å². The van der Waals surface area contributed by atoms with E-state index in [1.165, 1.54) is 6.20 Å². The summed E-state index contributed by atoms with van der Waals surface area (Å²) in [5, 5.41) is 6.42. The number of halogens is 1. The monoisotopic (exact) mass is 283 g/mol. The Hall–Kier alpha value is -1.33. The summed E-state index contributed by atoms with van der Waals surface area (Å²) in [4.78, 5) is 16.1. The van der Waals surface area contributed by atoms with Gasteiger partial charge in [0.05, 0.1) is 16.7 Å². The Balaban J connectivity index is 1.94. The van der Waals surface area contributed by atoms with Gasteiger partial charge in [-0.05, 0) is 25.8 Å². The smallest absolute Gasteiger partial charge is 0.253 e. The van der Waals surface area contributed by atoms with E-state index >= 15 is 0 Å². The molecule has 0 aromatic carbocycles. The summed E-state index contributed by atoms with van der Waals surface area (Å²) in [6.07, 6.45) is 3.52. The highest BCUT2D eigenvalue weighted by molar-refractivity contribution is 6.33. The largest absolute Gasteiger partial charge is 0.381 e. The van der Waals surface area contributed by atoms with E-state index in [2.05, 4.69) is 15.6 Å². The lowest BCUT2D eigenvalue weighted by Crippen LogP contribution is -2.47. The van der Waals surface area contributed by atoms with Gasteiger partial charge in [-0.2, -0.15) is 0 Å². The molecule has 1 aliphatic carbocycles. The molecule has 0 spiro atoms. The Morgan fingerprint density at radius 2 is 2.32 bits per heavy atom. The number of methoxy groups -OCH3 is 1. The highest BCUT2D eigenvalue weighted by Crippen LogP contribution is 2.24. The molecular weight excluding hydrogens is 266 g/mol. The third kappa shape index (κ3) is 3.36. The zero-order valence-electron chi connectivity index (χ0n) is 11.1. The summed E-state index contributed by atoms with van der Waals surface area (Å²) in [5.41, 5.74) is 0.479. The van der Waals surface area contributed by atoms with Crippen LogP contribution in [0, 0.1) is 0 Å². The zero-order chi connectivity index (χ0) is 13.8. The number of hydrogen-bond acceptors (Lipinski definition) is 4. The first kappa shape index (κ1) is 14.1. The van der Waals surface area contributed by atoms with Crippen molar-refractivity contribution < 1.29 is 9.53 Å². The van der Waals surface area contributed by atoms with Crippen LogP contribution in [0.2, 0.25) is 5.02 Å². The van der Waals surface area contributed by atoms with Crippen molar-refractivity contribution in [2.45, 2.75) is 31.9 Å². The predicted octanol–water partition coefficient (Wildman–Crippen LogP) is 2.07. The topological polar surface area (TPSA) is 63.2 Å². The minimum absolute atomic E-state index is 0.142. The number of hydrogen-bond donors (Lipinski definition) is 2. The van der Waals surface area contributed by atoms with Crippen molar-refractivity contribution in [3.05, 3.63) is 22.8 Å². The van der Waals surface area contributed by atoms with Crippen molar-refractivity contribution in [3.63, 3.8) is 0 Å². The molecule has 104 valence electrons. The van der Waals surface area contributed by atoms with Crippen LogP contribution in [0.5, 0.6) is 0 Å². The maximum atomic E-state index is 12.0. The Morgan fingerprint density at radius 1 is 1.58 bits per heavy atom. The first-order valence-electron chi connectivity index (χ1n) is 6.37. The number of carbonyl (C=O) groups is 1. The van der Waals surface area contributed by atoms with Gasteiger partial charge in [0.2, 0.25) is 0 Å². The van der Waals surface area contributed by atoms with Gasteiger partial charge in [0.1, 0.15) is 5.82 Å². The number of ether oxygens (including phenoxy) is 1. The fourth-order valence-corrected chi connectivity index (χ4v) is 2.24. The molecule has 1 aromatic heterocycles. The maximum absolute atomic E-state index is 12.0. The highest BCUT2D eigenvalue weighted by Gasteiger charge is 2.30. The van der Waals surface area contributed by atoms with Crippen LogP contribution < -0.4 is 10.6 Å². The lowest BCUT2D eigenvalue weighted by molar-refractivity contribution is 0.0176. The molecule has 19 heavy (non-hydrogen) atoms. The number of pyridine rings is 1. The standard InChI is InChI=1S/C13H18ClN3O2/c1-3-15-12-11(14)4-8(7-16-12)13(18)17-9-5-10(6-9)19-2/h4,7,9-10H,3,5-6H2,1-2H3,(H,15,16)(H,17,18). The molecule has 1 aromatic rings. The second kappa shape index (κ2) is 6.21. The molecule has 6 heteroatoms. The highest BCUT2D eigenvalue weighted by atomic mass is 35.5. The fraction of sp³-hybridized carbons (Fsp3) is 0.538. The second-order valence-corrected chi connectivity index (χ2v) is 4.99. The molecule has 0 aliphatic heterocycles. The van der Waals surface area contributed by atoms with Crippen molar-refractivity contribution >= 4 is 23.3 Å². The van der Waals surface area contributed by atoms with Gasteiger partial charge in [-0.1, -0.05) is 11.6 Å². The molecule has 1 amide bonds. The van der Waals surface area contributed by atoms with E-state index in [1.807, 2.05) is 6.92 Å². The van der Waals surface area contributed by atoms with Crippen molar-refractivity contribution in [3.8, 4) is 0 Å². The maximum Gasteiger partial charge on any atom is 0.253 e. The first-order valence-corrected chi connectivity index (χ1v) is 6.75. The third-order valence-electron chi connectivity index (χ3n) is 3.21. The van der Waals surface area contributed by atoms with Crippen LogP contribution in [0.15, 0.2) is 12.3 Å². The number of rotatable bonds is 5. The molecule has 1 fully saturated rings. The van der Waals surface area contributed by atoms with E-state index in [9.17, 15) is 4.79 Å². The molecule has 5 nitrogen and oxygen atoms in total. The SMILES string of the molecule is CCNc1ncc(C(=O)NC2CC(OC)C2)cc1Cl. The Bertz CT molecular complexity index is 461. The molecule has 0 saturated heterocycles. The molecular formula is C13H18ClN3O2. The number of nitrogens with zero attached hydrogens (tertiary/aromatic N) is 1. The molecule has 0 unspecified atom stereocenters. The fourth-order valence-electron chi connectivity index (χ4n) is 2.00. The molecule has 1 saturated carbocycles. The third-order valence-corrected chi connectivity index (χ3v) is 3.50. The summed E-state index contributed by atoms with van der Waals surface area (Å²) >= 11 is 6.06. The quantitative estimate of drug-likeness (QED) is 0.868. The summed E-state index contributed by atoms with van der Waals surface area (Å²) in [6, 6.07) is 1.82. The number of aromatic nitrogens is 1. The van der Waals surface area contributed by atoms with Crippen LogP contribution in [0.1, 0.15) is 30.1 Å². The van der Waals surface area contributed by atoms with Crippen molar-refractivity contribution in [1.29, 1.82) is 0 Å². The van der Waals surface area contributed by atoms with Gasteiger partial charge in [0.25, 0.3) is 5.91 Å². The zero-order valence-corrected chi connectivity index (χ0v) is 11.8. The van der Waals surface area contributed by atoms with Gasteiger partial charge < -0.3 is 15.4 Å². The molecule has 0 bridgehead atoms. The Morgan fingerprint density at radius 3 is 2.89 bits per heavy atom. The minimum Gasteiger partial charge on any atom is -0.381 e. The summed E-state index contributed by atoms with van der Waals surface area (Å²) in [6.45, 7) is 2.69. The van der Waals surface area contributed by atoms with Crippen LogP contribution in [0.4, 0.5) is 5.82 Å². The molecule has 1 heterocycles. The van der Waals surface area contributed by atoms with E-state index in [0.717, 1.165) is 19.4 Å². The van der Waals surface area contributed by atoms with E-state index in [4.69, 9.17) is 16.3 Å². The van der Waals surface area contributed by atoms with Crippen molar-refractivity contribution in [2.75, 3.05) is 19.0 Å². The average molecular weight is 284 g/mol. The molecule has 2 rings (SSSR count). The molecule has 0 atom stereocenters. The second-order valence-electron chi connectivity index (χ2n) is 4.58. The Kier molecular flexibility index (Phi) is 4.61. The lowest BCUT2D eigenvalue weighted by Gasteiger charge is -2.34. The van der Waals surface area contributed by atoms with Crippen molar-refractivity contribution in [1.82, 2.24) is 10.3 Å². The minimum atomic E-state index is -0.142. The van der Waals surface area contributed by atoms with Gasteiger partial charge >= 0.3 is 0 Å². The van der Waals surface area contributed by atoms with E-state index in [0.29, 0.717) is 16.4 Å². The summed E-state index contributed by atoms with van der Waals surface area (Å²) in [7, 11) is 1.69. The molecule has 2 N–H and O–H groups in total. The van der Waals surface area contributed by atoms with Gasteiger partial charge in [-0.15, -0.1) is 0 Å². The van der Waals surface area contributed by atoms with E-state index in [-0.39, 0.29) is 18.1 Å². The normalized spacial score (nSPS) is 21.6. The van der Waals surface area contributed by atoms with Crippen LogP contribution in [-0.2, 0) is 4.74 Å². The van der Waals surface area contributed by atoms with Gasteiger partial charge in [-0.3, -0.25) is 4.79 Å². The van der Waals surface area contributed by atoms with Crippen LogP contribution in [-0.4, -0.2) is 36.7 Å². The average Bonchev–Trinajstić information content (AvgIpc) is 2.35. The first-order chi connectivity index (χ1) is 9.13. The number of amides is 1. The lowest BCUT2D eigenvalue weighted by atomic mass is 9.89. The number of carbonyl (C=O) groups excluding carboxylic acids is 1. The van der Waals surface area contributed by atoms with E-state index in [1.54, 1.807) is 13.2 Å². The number of nitrogens with one attached hydrogen (secondary N) is 2. The van der Waals surface area contributed by atoms with Crippen LogP contribution >= 0.6 is 11.6 Å². The van der Waals surface area contributed by atoms with Gasteiger partial charge in [-0.25, -0.2) is 4.98 Å². The van der Waals surface area contributed by atoms with Crippen molar-refractivity contribution in [2.24, 2.45) is 0 Å². The molecule has 0 radical (unpaired) electrons. The Labute approximate surface area is 117 Å². The van der Waals surface area contributed by atoms with Gasteiger partial charge in [0.15, 0.2) is 0 Å². The molecule has 1 aliphatic rings. The van der Waals surface area contributed by atoms with E-state index < -0.39 is 0 Å². The summed E-state index contributed by atoms with van der Waals surface area (Å²) < 4.78 is 5.17. The predicted molar refractivity (Wildman–Crippen MR) is 74.7 cm³/mol. The number of anilines is 1. The summed E-state index contributed by atoms with van der Waals surface area (Å²) in [5.74, 6) is 0.459. The van der Waals surface area contributed by atoms with Crippen LogP contribution in [0.3, 0.4) is 0 Å². The van der Waals surface area contributed by atoms with Gasteiger partial charge in [0, 0.05) is 25.9 Å².